The van der Waals surface area contributed by atoms with Gasteiger partial charge in [-0.2, -0.15) is 15.4 Å². The molecule has 11 heteroatoms. The predicted molar refractivity (Wildman–Crippen MR) is 123 cm³/mol. The number of hydrogen-bond acceptors (Lipinski definition) is 9. The topological polar surface area (TPSA) is 118 Å². The first kappa shape index (κ1) is 20.6. The molecule has 0 bridgehead atoms. The van der Waals surface area contributed by atoms with Crippen molar-refractivity contribution in [3.8, 4) is 0 Å². The number of nitrogens with one attached hydrogen (secondary N) is 3. The Bertz CT molecular complexity index is 1220. The predicted octanol–water partition coefficient (Wildman–Crippen LogP) is 0.767. The van der Waals surface area contributed by atoms with E-state index in [1.165, 1.54) is 11.1 Å². The first-order valence-corrected chi connectivity index (χ1v) is 11.4. The Morgan fingerprint density at radius 2 is 2.00 bits per heavy atom. The third-order valence-corrected chi connectivity index (χ3v) is 6.57. The molecule has 4 heterocycles. The molecule has 1 aliphatic carbocycles. The number of benzene rings is 1. The van der Waals surface area contributed by atoms with E-state index in [0.717, 1.165) is 29.8 Å². The molecule has 6 rings (SSSR count). The second-order valence-corrected chi connectivity index (χ2v) is 8.90. The van der Waals surface area contributed by atoms with E-state index in [0.29, 0.717) is 43.7 Å². The fourth-order valence-electron chi connectivity index (χ4n) is 4.80. The standard InChI is InChI=1S/C23H26N10O/c1-31-29-21(14-33(31)13-19-11-25-30-28-19)22(34)32-7-6-20-17(12-32)10-24-23(27-20)26-18-8-15-4-2-3-5-16(15)9-18/h2-5,10-11,14,18,29H,6-9,12-13H2,1H3,(H,24,26,27)(H,25,28,30). The number of fused-ring (bicyclic) bond motifs is 2. The molecule has 0 atom stereocenters. The molecule has 1 aromatic carbocycles. The summed E-state index contributed by atoms with van der Waals surface area (Å²) >= 11 is 0. The minimum absolute atomic E-state index is 0.0499. The number of aromatic amines is 1. The summed E-state index contributed by atoms with van der Waals surface area (Å²) in [4.78, 5) is 24.3. The van der Waals surface area contributed by atoms with Crippen molar-refractivity contribution in [3.05, 3.63) is 76.6 Å². The van der Waals surface area contributed by atoms with Crippen molar-refractivity contribution in [2.75, 3.05) is 18.9 Å². The van der Waals surface area contributed by atoms with E-state index in [1.54, 1.807) is 17.5 Å². The maximum Gasteiger partial charge on any atom is 0.273 e. The molecule has 2 aliphatic heterocycles. The zero-order valence-corrected chi connectivity index (χ0v) is 18.9. The van der Waals surface area contributed by atoms with Crippen molar-refractivity contribution in [1.82, 2.24) is 45.8 Å². The molecule has 3 aliphatic rings. The van der Waals surface area contributed by atoms with Crippen LogP contribution in [-0.2, 0) is 37.1 Å². The van der Waals surface area contributed by atoms with Gasteiger partial charge in [0, 0.05) is 50.6 Å². The molecule has 0 saturated heterocycles. The van der Waals surface area contributed by atoms with Gasteiger partial charge in [-0.1, -0.05) is 24.3 Å². The summed E-state index contributed by atoms with van der Waals surface area (Å²) in [5.41, 5.74) is 9.22. The quantitative estimate of drug-likeness (QED) is 0.509. The van der Waals surface area contributed by atoms with Gasteiger partial charge in [-0.3, -0.25) is 15.2 Å². The van der Waals surface area contributed by atoms with Crippen LogP contribution < -0.4 is 10.7 Å². The van der Waals surface area contributed by atoms with Gasteiger partial charge in [-0.25, -0.2) is 9.97 Å². The van der Waals surface area contributed by atoms with Gasteiger partial charge in [0.25, 0.3) is 5.91 Å². The van der Waals surface area contributed by atoms with Crippen LogP contribution in [0.25, 0.3) is 0 Å². The van der Waals surface area contributed by atoms with E-state index < -0.39 is 0 Å². The van der Waals surface area contributed by atoms with E-state index in [-0.39, 0.29) is 5.91 Å². The Morgan fingerprint density at radius 1 is 1.18 bits per heavy atom. The summed E-state index contributed by atoms with van der Waals surface area (Å²) in [7, 11) is 1.85. The van der Waals surface area contributed by atoms with Crippen LogP contribution >= 0.6 is 0 Å². The molecule has 0 radical (unpaired) electrons. The van der Waals surface area contributed by atoms with E-state index in [2.05, 4.69) is 55.4 Å². The summed E-state index contributed by atoms with van der Waals surface area (Å²) in [5.74, 6) is 0.618. The number of amides is 1. The SMILES string of the molecule is CN1NC(C(=O)N2CCc3nc(NC4Cc5ccccc5C4)ncc3C2)=CN1Cc1cn[nH]n1. The smallest absolute Gasteiger partial charge is 0.273 e. The highest BCUT2D eigenvalue weighted by molar-refractivity contribution is 5.93. The minimum atomic E-state index is -0.0499. The van der Waals surface area contributed by atoms with Crippen LogP contribution in [0.3, 0.4) is 0 Å². The van der Waals surface area contributed by atoms with E-state index >= 15 is 0 Å². The number of nitrogens with zero attached hydrogens (tertiary/aromatic N) is 7. The van der Waals surface area contributed by atoms with Crippen molar-refractivity contribution < 1.29 is 4.79 Å². The highest BCUT2D eigenvalue weighted by Crippen LogP contribution is 2.25. The van der Waals surface area contributed by atoms with Gasteiger partial charge in [0.15, 0.2) is 0 Å². The fraction of sp³-hybridized carbons (Fsp3) is 0.348. The number of hydrazine groups is 2. The molecule has 0 spiro atoms. The molecule has 1 amide bonds. The highest BCUT2D eigenvalue weighted by Gasteiger charge is 2.30. The van der Waals surface area contributed by atoms with Gasteiger partial charge in [0.2, 0.25) is 5.95 Å². The van der Waals surface area contributed by atoms with Gasteiger partial charge < -0.3 is 10.2 Å². The van der Waals surface area contributed by atoms with E-state index in [4.69, 9.17) is 4.98 Å². The molecule has 3 aromatic rings. The summed E-state index contributed by atoms with van der Waals surface area (Å²) in [6, 6.07) is 8.88. The highest BCUT2D eigenvalue weighted by atomic mass is 16.2. The summed E-state index contributed by atoms with van der Waals surface area (Å²) in [5, 5.41) is 17.7. The first-order valence-electron chi connectivity index (χ1n) is 11.4. The van der Waals surface area contributed by atoms with Gasteiger partial charge in [0.05, 0.1) is 18.4 Å². The van der Waals surface area contributed by atoms with Crippen molar-refractivity contribution >= 4 is 11.9 Å². The van der Waals surface area contributed by atoms with E-state index in [9.17, 15) is 4.79 Å². The number of H-pyrrole nitrogens is 1. The number of aromatic nitrogens is 5. The lowest BCUT2D eigenvalue weighted by atomic mass is 10.1. The van der Waals surface area contributed by atoms with Gasteiger partial charge in [0.1, 0.15) is 11.4 Å². The molecule has 174 valence electrons. The molecule has 2 aromatic heterocycles. The Morgan fingerprint density at radius 3 is 2.76 bits per heavy atom. The number of rotatable bonds is 5. The van der Waals surface area contributed by atoms with Crippen LogP contribution in [0.15, 0.2) is 48.6 Å². The van der Waals surface area contributed by atoms with Crippen molar-refractivity contribution in [3.63, 3.8) is 0 Å². The number of anilines is 1. The maximum absolute atomic E-state index is 13.2. The number of carbonyl (C=O) groups excluding carboxylic acids is 1. The first-order chi connectivity index (χ1) is 16.6. The number of hydrogen-bond donors (Lipinski definition) is 3. The Hall–Kier alpha value is -3.99. The Kier molecular flexibility index (Phi) is 5.10. The molecule has 3 N–H and O–H groups in total. The minimum Gasteiger partial charge on any atom is -0.351 e. The van der Waals surface area contributed by atoms with Crippen molar-refractivity contribution in [2.24, 2.45) is 0 Å². The zero-order chi connectivity index (χ0) is 23.1. The molecular formula is C23H26N10O. The van der Waals surface area contributed by atoms with Gasteiger partial charge >= 0.3 is 0 Å². The van der Waals surface area contributed by atoms with Crippen LogP contribution in [0.4, 0.5) is 5.95 Å². The van der Waals surface area contributed by atoms with Crippen LogP contribution in [0.2, 0.25) is 0 Å². The molecular weight excluding hydrogens is 432 g/mol. The summed E-state index contributed by atoms with van der Waals surface area (Å²) in [6.07, 6.45) is 8.00. The lowest BCUT2D eigenvalue weighted by Gasteiger charge is -2.29. The second-order valence-electron chi connectivity index (χ2n) is 8.90. The molecule has 11 nitrogen and oxygen atoms in total. The van der Waals surface area contributed by atoms with Crippen molar-refractivity contribution in [2.45, 2.75) is 38.4 Å². The molecule has 0 fully saturated rings. The Balaban J connectivity index is 1.09. The second kappa shape index (κ2) is 8.41. The fourth-order valence-corrected chi connectivity index (χ4v) is 4.80. The third kappa shape index (κ3) is 3.94. The van der Waals surface area contributed by atoms with E-state index in [1.807, 2.05) is 23.2 Å². The molecule has 0 unspecified atom stereocenters. The average Bonchev–Trinajstić information content (AvgIpc) is 3.59. The monoisotopic (exact) mass is 458 g/mol. The lowest BCUT2D eigenvalue weighted by molar-refractivity contribution is -0.128. The molecule has 0 saturated carbocycles. The third-order valence-electron chi connectivity index (χ3n) is 6.57. The lowest BCUT2D eigenvalue weighted by Crippen LogP contribution is -2.43. The Labute approximate surface area is 196 Å². The zero-order valence-electron chi connectivity index (χ0n) is 18.9. The maximum atomic E-state index is 13.2. The van der Waals surface area contributed by atoms with Crippen LogP contribution in [-0.4, -0.2) is 65.9 Å². The van der Waals surface area contributed by atoms with Crippen LogP contribution in [0, 0.1) is 0 Å². The van der Waals surface area contributed by atoms with Gasteiger partial charge in [-0.05, 0) is 24.0 Å². The van der Waals surface area contributed by atoms with Crippen LogP contribution in [0.1, 0.15) is 28.1 Å². The van der Waals surface area contributed by atoms with Gasteiger partial charge in [-0.15, -0.1) is 5.12 Å². The molecule has 34 heavy (non-hydrogen) atoms. The largest absolute Gasteiger partial charge is 0.351 e. The number of carbonyl (C=O) groups is 1. The van der Waals surface area contributed by atoms with Crippen LogP contribution in [0.5, 0.6) is 0 Å². The summed E-state index contributed by atoms with van der Waals surface area (Å²) < 4.78 is 0. The van der Waals surface area contributed by atoms with Crippen molar-refractivity contribution in [1.29, 1.82) is 0 Å². The normalized spacial score (nSPS) is 17.9. The summed E-state index contributed by atoms with van der Waals surface area (Å²) in [6.45, 7) is 1.62. The average molecular weight is 459 g/mol.